The van der Waals surface area contributed by atoms with E-state index in [0.29, 0.717) is 11.8 Å². The van der Waals surface area contributed by atoms with Crippen molar-refractivity contribution in [3.8, 4) is 0 Å². The van der Waals surface area contributed by atoms with Gasteiger partial charge in [-0.15, -0.1) is 0 Å². The number of ketones is 1. The molecule has 3 rings (SSSR count). The molecule has 0 fully saturated rings. The topological polar surface area (TPSA) is 33.2 Å². The van der Waals surface area contributed by atoms with Crippen LogP contribution in [-0.4, -0.2) is 23.9 Å². The minimum atomic E-state index is -0.172. The normalized spacial score (nSPS) is 17.9. The summed E-state index contributed by atoms with van der Waals surface area (Å²) >= 11 is 1.84. The number of thiazole rings is 1. The number of Topliss-reactive ketones (excluding diaryl/α,β-unsaturated/α-hetero) is 1. The second-order valence-corrected chi connectivity index (χ2v) is 13.9. The lowest BCUT2D eigenvalue weighted by Crippen LogP contribution is -2.34. The summed E-state index contributed by atoms with van der Waals surface area (Å²) in [5.41, 5.74) is 4.21. The van der Waals surface area contributed by atoms with Crippen molar-refractivity contribution in [2.24, 2.45) is 17.8 Å². The van der Waals surface area contributed by atoms with E-state index in [1.807, 2.05) is 41.7 Å². The first-order valence-electron chi connectivity index (χ1n) is 15.9. The highest BCUT2D eigenvalue weighted by atomic mass is 32.1. The van der Waals surface area contributed by atoms with Gasteiger partial charge in [0, 0.05) is 24.1 Å². The summed E-state index contributed by atoms with van der Waals surface area (Å²) in [5, 5.41) is 1.16. The van der Waals surface area contributed by atoms with Gasteiger partial charge in [-0.3, -0.25) is 4.79 Å². The second-order valence-electron chi connectivity index (χ2n) is 12.9. The van der Waals surface area contributed by atoms with Gasteiger partial charge in [0.05, 0.1) is 16.5 Å². The van der Waals surface area contributed by atoms with Crippen molar-refractivity contribution in [3.05, 3.63) is 63.7 Å². The van der Waals surface area contributed by atoms with Crippen LogP contribution in [0, 0.1) is 17.8 Å². The SMILES string of the molecule is CCCCC(CC)CN(CC(CC)CCCC)c1nc(C(C)(C)C)c(/C=C2/C(C)=CC2C(=O)c2ccccc2)s1. The molecule has 1 heterocycles. The minimum absolute atomic E-state index is 0.0775. The van der Waals surface area contributed by atoms with Crippen LogP contribution in [0.5, 0.6) is 0 Å². The van der Waals surface area contributed by atoms with Gasteiger partial charge in [-0.2, -0.15) is 0 Å². The number of benzene rings is 1. The summed E-state index contributed by atoms with van der Waals surface area (Å²) in [4.78, 5) is 22.6. The largest absolute Gasteiger partial charge is 0.348 e. The van der Waals surface area contributed by atoms with Gasteiger partial charge < -0.3 is 4.90 Å². The molecule has 0 radical (unpaired) electrons. The Balaban J connectivity index is 1.99. The van der Waals surface area contributed by atoms with E-state index in [-0.39, 0.29) is 17.1 Å². The molecule has 2 aromatic rings. The van der Waals surface area contributed by atoms with E-state index < -0.39 is 0 Å². The van der Waals surface area contributed by atoms with Gasteiger partial charge in [-0.05, 0) is 48.8 Å². The Morgan fingerprint density at radius 2 is 1.55 bits per heavy atom. The molecule has 1 aromatic carbocycles. The van der Waals surface area contributed by atoms with Crippen LogP contribution >= 0.6 is 11.3 Å². The average molecular weight is 563 g/mol. The van der Waals surface area contributed by atoms with Crippen LogP contribution in [0.25, 0.3) is 6.08 Å². The van der Waals surface area contributed by atoms with Crippen molar-refractivity contribution in [1.29, 1.82) is 0 Å². The van der Waals surface area contributed by atoms with Crippen LogP contribution in [0.15, 0.2) is 47.6 Å². The average Bonchev–Trinajstić information content (AvgIpc) is 3.39. The van der Waals surface area contributed by atoms with E-state index >= 15 is 0 Å². The quantitative estimate of drug-likeness (QED) is 0.191. The number of nitrogens with zero attached hydrogens (tertiary/aromatic N) is 2. The van der Waals surface area contributed by atoms with Gasteiger partial charge in [0.25, 0.3) is 0 Å². The minimum Gasteiger partial charge on any atom is -0.348 e. The predicted molar refractivity (Wildman–Crippen MR) is 176 cm³/mol. The number of carbonyl (C=O) groups is 1. The van der Waals surface area contributed by atoms with Crippen molar-refractivity contribution in [1.82, 2.24) is 4.98 Å². The maximum Gasteiger partial charge on any atom is 0.186 e. The Morgan fingerprint density at radius 1 is 0.975 bits per heavy atom. The first-order chi connectivity index (χ1) is 19.1. The van der Waals surface area contributed by atoms with Crippen LogP contribution in [-0.2, 0) is 5.41 Å². The zero-order valence-corrected chi connectivity index (χ0v) is 27.4. The van der Waals surface area contributed by atoms with Crippen LogP contribution < -0.4 is 4.90 Å². The van der Waals surface area contributed by atoms with E-state index in [1.165, 1.54) is 61.8 Å². The summed E-state index contributed by atoms with van der Waals surface area (Å²) in [6.45, 7) is 20.4. The summed E-state index contributed by atoms with van der Waals surface area (Å²) in [5.74, 6) is 1.40. The molecule has 3 atom stereocenters. The lowest BCUT2D eigenvalue weighted by atomic mass is 9.76. The fraction of sp³-hybridized carbons (Fsp3) is 0.611. The van der Waals surface area contributed by atoms with Gasteiger partial charge in [0.15, 0.2) is 10.9 Å². The van der Waals surface area contributed by atoms with E-state index in [1.54, 1.807) is 0 Å². The third-order valence-corrected chi connectivity index (χ3v) is 9.56. The number of anilines is 1. The van der Waals surface area contributed by atoms with E-state index in [0.717, 1.165) is 35.1 Å². The second kappa shape index (κ2) is 15.1. The molecular weight excluding hydrogens is 508 g/mol. The lowest BCUT2D eigenvalue weighted by Gasteiger charge is -2.30. The Kier molecular flexibility index (Phi) is 12.2. The Hall–Kier alpha value is -2.20. The summed E-state index contributed by atoms with van der Waals surface area (Å²) in [6, 6.07) is 9.71. The molecule has 1 aliphatic rings. The number of hydrogen-bond donors (Lipinski definition) is 0. The Morgan fingerprint density at radius 3 is 2.02 bits per heavy atom. The first-order valence-corrected chi connectivity index (χ1v) is 16.7. The van der Waals surface area contributed by atoms with E-state index in [9.17, 15) is 4.79 Å². The van der Waals surface area contributed by atoms with Crippen LogP contribution in [0.1, 0.15) is 128 Å². The fourth-order valence-corrected chi connectivity index (χ4v) is 6.95. The van der Waals surface area contributed by atoms with Gasteiger partial charge in [0.1, 0.15) is 0 Å². The van der Waals surface area contributed by atoms with Crippen molar-refractivity contribution in [3.63, 3.8) is 0 Å². The first kappa shape index (κ1) is 32.3. The van der Waals surface area contributed by atoms with Crippen molar-refractivity contribution in [2.45, 2.75) is 112 Å². The van der Waals surface area contributed by atoms with Crippen molar-refractivity contribution < 1.29 is 4.79 Å². The Labute approximate surface area is 249 Å². The highest BCUT2D eigenvalue weighted by molar-refractivity contribution is 7.16. The third-order valence-electron chi connectivity index (χ3n) is 8.50. The molecule has 0 spiro atoms. The molecule has 0 saturated carbocycles. The molecule has 4 heteroatoms. The number of unbranched alkanes of at least 4 members (excludes halogenated alkanes) is 2. The summed E-state index contributed by atoms with van der Waals surface area (Å²) in [6.07, 6.45) is 14.5. The summed E-state index contributed by atoms with van der Waals surface area (Å²) < 4.78 is 0. The van der Waals surface area contributed by atoms with Gasteiger partial charge in [-0.1, -0.05) is 135 Å². The Bertz CT molecular complexity index is 1120. The van der Waals surface area contributed by atoms with E-state index in [4.69, 9.17) is 4.98 Å². The number of carbonyl (C=O) groups excluding carboxylic acids is 1. The van der Waals surface area contributed by atoms with Crippen LogP contribution in [0.2, 0.25) is 0 Å². The molecule has 0 saturated heterocycles. The maximum absolute atomic E-state index is 13.3. The highest BCUT2D eigenvalue weighted by Crippen LogP contribution is 2.41. The molecule has 0 aliphatic heterocycles. The zero-order valence-electron chi connectivity index (χ0n) is 26.6. The lowest BCUT2D eigenvalue weighted by molar-refractivity contribution is 0.0956. The standard InChI is InChI=1S/C36H54N2OS/c1-9-13-18-27(11-3)24-38(25-28(12-4)19-14-10-2)35-37-34(36(6,7)8)32(40-35)23-30-26(5)22-31(30)33(39)29-20-16-15-17-21-29/h15-17,20-23,27-28,31H,9-14,18-19,24-25H2,1-8H3/b30-23-. The van der Waals surface area contributed by atoms with Crippen LogP contribution in [0.4, 0.5) is 5.13 Å². The van der Waals surface area contributed by atoms with E-state index in [2.05, 4.69) is 72.4 Å². The molecule has 3 unspecified atom stereocenters. The molecule has 220 valence electrons. The fourth-order valence-electron chi connectivity index (χ4n) is 5.71. The number of allylic oxidation sites excluding steroid dienone is 3. The smallest absolute Gasteiger partial charge is 0.186 e. The molecule has 0 amide bonds. The van der Waals surface area contributed by atoms with Crippen LogP contribution in [0.3, 0.4) is 0 Å². The highest BCUT2D eigenvalue weighted by Gasteiger charge is 2.32. The number of rotatable bonds is 16. The molecule has 3 nitrogen and oxygen atoms in total. The molecule has 1 aliphatic carbocycles. The maximum atomic E-state index is 13.3. The third kappa shape index (κ3) is 8.41. The van der Waals surface area contributed by atoms with Gasteiger partial charge in [-0.25, -0.2) is 4.98 Å². The molecule has 40 heavy (non-hydrogen) atoms. The van der Waals surface area contributed by atoms with Gasteiger partial charge >= 0.3 is 0 Å². The molecular formula is C36H54N2OS. The van der Waals surface area contributed by atoms with Crippen molar-refractivity contribution >= 4 is 28.3 Å². The summed E-state index contributed by atoms with van der Waals surface area (Å²) in [7, 11) is 0. The van der Waals surface area contributed by atoms with Gasteiger partial charge in [0.2, 0.25) is 0 Å². The number of hydrogen-bond acceptors (Lipinski definition) is 4. The van der Waals surface area contributed by atoms with Crippen molar-refractivity contribution in [2.75, 3.05) is 18.0 Å². The molecule has 0 N–H and O–H groups in total. The predicted octanol–water partition coefficient (Wildman–Crippen LogP) is 10.5. The monoisotopic (exact) mass is 562 g/mol. The molecule has 1 aromatic heterocycles. The molecule has 0 bridgehead atoms. The number of aromatic nitrogens is 1. The zero-order chi connectivity index (χ0) is 29.3.